The maximum Gasteiger partial charge on any atom is 0.315 e. The van der Waals surface area contributed by atoms with E-state index in [-0.39, 0.29) is 42.0 Å². The minimum atomic E-state index is -0.619. The number of nitrogens with one attached hydrogen (secondary N) is 2. The molecule has 8 atom stereocenters. The Bertz CT molecular complexity index is 718. The maximum atomic E-state index is 13.0. The first-order valence-corrected chi connectivity index (χ1v) is 9.20. The van der Waals surface area contributed by atoms with Gasteiger partial charge in [0.25, 0.3) is 0 Å². The Morgan fingerprint density at radius 1 is 1.27 bits per heavy atom. The average Bonchev–Trinajstić information content (AvgIpc) is 3.40. The van der Waals surface area contributed by atoms with Gasteiger partial charge in [0.15, 0.2) is 6.10 Å². The Morgan fingerprint density at radius 3 is 2.73 bits per heavy atom. The fourth-order valence-electron chi connectivity index (χ4n) is 5.50. The molecule has 0 aromatic rings. The minimum Gasteiger partial charge on any atom is -0.600 e. The van der Waals surface area contributed by atoms with Gasteiger partial charge in [0.1, 0.15) is 18.9 Å². The second kappa shape index (κ2) is 5.88. The van der Waals surface area contributed by atoms with Gasteiger partial charge in [-0.25, -0.2) is 5.23 Å². The lowest BCUT2D eigenvalue weighted by atomic mass is 9.88. The van der Waals surface area contributed by atoms with Crippen molar-refractivity contribution in [2.75, 3.05) is 13.8 Å². The van der Waals surface area contributed by atoms with Crippen LogP contribution >= 0.6 is 0 Å². The molecule has 4 fully saturated rings. The number of ether oxygens (including phenoxy) is 2. The Balaban J connectivity index is 1.31. The highest BCUT2D eigenvalue weighted by molar-refractivity contribution is 5.90. The molecule has 0 spiro atoms. The second-order valence-corrected chi connectivity index (χ2v) is 7.88. The van der Waals surface area contributed by atoms with Crippen LogP contribution in [0.15, 0.2) is 23.3 Å². The van der Waals surface area contributed by atoms with Crippen molar-refractivity contribution in [1.82, 2.24) is 5.32 Å². The summed E-state index contributed by atoms with van der Waals surface area (Å²) in [5.74, 6) is -1.66. The molecule has 8 unspecified atom stereocenters. The molecule has 140 valence electrons. The third-order valence-electron chi connectivity index (χ3n) is 6.58. The van der Waals surface area contributed by atoms with Gasteiger partial charge in [-0.1, -0.05) is 23.3 Å². The number of carbonyl (C=O) groups is 2. The summed E-state index contributed by atoms with van der Waals surface area (Å²) in [5.41, 5.74) is 1.81. The van der Waals surface area contributed by atoms with E-state index in [2.05, 4.69) is 5.32 Å². The fourth-order valence-corrected chi connectivity index (χ4v) is 5.50. The van der Waals surface area contributed by atoms with E-state index in [0.29, 0.717) is 6.42 Å². The van der Waals surface area contributed by atoms with Gasteiger partial charge in [0.2, 0.25) is 0 Å². The van der Waals surface area contributed by atoms with Crippen molar-refractivity contribution in [3.63, 3.8) is 0 Å². The van der Waals surface area contributed by atoms with Crippen molar-refractivity contribution in [2.24, 2.45) is 23.7 Å². The molecule has 0 aromatic carbocycles. The highest BCUT2D eigenvalue weighted by atomic mass is 16.9. The van der Waals surface area contributed by atoms with E-state index in [1.807, 2.05) is 12.2 Å². The number of allylic oxidation sites excluding steroid dienone is 2. The average molecular weight is 362 g/mol. The molecule has 26 heavy (non-hydrogen) atoms. The number of carbonyl (C=O) groups excluding carboxylic acids is 2. The van der Waals surface area contributed by atoms with E-state index in [0.717, 1.165) is 24.0 Å². The SMILES string of the molecule is CNCOC(=O)C1C2=CC=C(C2)C1C(=O)OC1C2CC3C1O[NH+]([O-])C3C2. The summed E-state index contributed by atoms with van der Waals surface area (Å²) in [4.78, 5) is 30.9. The van der Waals surface area contributed by atoms with Crippen molar-refractivity contribution in [3.05, 3.63) is 28.5 Å². The van der Waals surface area contributed by atoms with Crippen LogP contribution < -0.4 is 10.5 Å². The van der Waals surface area contributed by atoms with Crippen molar-refractivity contribution in [2.45, 2.75) is 37.5 Å². The lowest BCUT2D eigenvalue weighted by molar-refractivity contribution is -1.06. The van der Waals surface area contributed by atoms with Crippen LogP contribution in [-0.2, 0) is 23.9 Å². The highest BCUT2D eigenvalue weighted by Crippen LogP contribution is 2.51. The summed E-state index contributed by atoms with van der Waals surface area (Å²) in [7, 11) is 1.69. The zero-order valence-electron chi connectivity index (χ0n) is 14.5. The predicted molar refractivity (Wildman–Crippen MR) is 86.9 cm³/mol. The van der Waals surface area contributed by atoms with Crippen LogP contribution in [0.25, 0.3) is 0 Å². The zero-order valence-corrected chi connectivity index (χ0v) is 14.5. The van der Waals surface area contributed by atoms with Crippen LogP contribution in [0.1, 0.15) is 19.3 Å². The smallest absolute Gasteiger partial charge is 0.315 e. The molecular weight excluding hydrogens is 340 g/mol. The Hall–Kier alpha value is -1.74. The van der Waals surface area contributed by atoms with Crippen LogP contribution in [0.3, 0.4) is 0 Å². The third-order valence-corrected chi connectivity index (χ3v) is 6.58. The van der Waals surface area contributed by atoms with Crippen LogP contribution in [0, 0.1) is 28.9 Å². The quantitative estimate of drug-likeness (QED) is 0.376. The molecule has 0 radical (unpaired) electrons. The Morgan fingerprint density at radius 2 is 2.00 bits per heavy atom. The van der Waals surface area contributed by atoms with Gasteiger partial charge >= 0.3 is 11.9 Å². The molecule has 8 nitrogen and oxygen atoms in total. The van der Waals surface area contributed by atoms with Crippen LogP contribution in [0.2, 0.25) is 0 Å². The maximum absolute atomic E-state index is 13.0. The molecule has 2 N–H and O–H groups in total. The van der Waals surface area contributed by atoms with Crippen molar-refractivity contribution in [1.29, 1.82) is 0 Å². The lowest BCUT2D eigenvalue weighted by Crippen LogP contribution is -3.08. The first kappa shape index (κ1) is 16.4. The highest BCUT2D eigenvalue weighted by Gasteiger charge is 2.64. The summed E-state index contributed by atoms with van der Waals surface area (Å²) in [5, 5.41) is 14.5. The number of rotatable bonds is 5. The number of esters is 2. The molecule has 8 heteroatoms. The number of hydrogen-bond donors (Lipinski definition) is 2. The van der Waals surface area contributed by atoms with E-state index in [1.54, 1.807) is 7.05 Å². The first-order chi connectivity index (χ1) is 12.6. The topological polar surface area (TPSA) is 101 Å². The van der Waals surface area contributed by atoms with E-state index >= 15 is 0 Å². The van der Waals surface area contributed by atoms with Gasteiger partial charge in [-0.3, -0.25) is 14.9 Å². The Labute approximate surface area is 150 Å². The molecule has 0 aromatic heterocycles. The van der Waals surface area contributed by atoms with Gasteiger partial charge in [-0.2, -0.15) is 4.84 Å². The molecule has 1 aliphatic heterocycles. The van der Waals surface area contributed by atoms with Crippen LogP contribution in [-0.4, -0.2) is 44.0 Å². The predicted octanol–water partition coefficient (Wildman–Crippen LogP) is -0.774. The van der Waals surface area contributed by atoms with E-state index < -0.39 is 23.8 Å². The van der Waals surface area contributed by atoms with E-state index in [9.17, 15) is 14.8 Å². The molecule has 3 saturated carbocycles. The normalized spacial score (nSPS) is 44.2. The number of quaternary nitrogens is 1. The van der Waals surface area contributed by atoms with Gasteiger partial charge in [-0.05, 0) is 19.9 Å². The summed E-state index contributed by atoms with van der Waals surface area (Å²) >= 11 is 0. The molecule has 0 amide bonds. The minimum absolute atomic E-state index is 0.0143. The van der Waals surface area contributed by atoms with Crippen LogP contribution in [0.5, 0.6) is 0 Å². The second-order valence-electron chi connectivity index (χ2n) is 7.88. The third kappa shape index (κ3) is 2.22. The standard InChI is InChI=1S/C18H22N2O6/c1-19-7-24-17(21)13-8-2-3-9(4-8)14(13)18(22)25-15-10-5-11-12(6-10)20(23)26-16(11)15/h2-3,10-16,19-20H,4-7H2,1H3. The van der Waals surface area contributed by atoms with E-state index in [1.165, 1.54) is 0 Å². The number of hydroxylamine groups is 2. The van der Waals surface area contributed by atoms with Crippen LogP contribution in [0.4, 0.5) is 0 Å². The summed E-state index contributed by atoms with van der Waals surface area (Å²) in [6.45, 7) is 0.106. The largest absolute Gasteiger partial charge is 0.600 e. The van der Waals surface area contributed by atoms with Crippen molar-refractivity contribution >= 4 is 11.9 Å². The lowest BCUT2D eigenvalue weighted by Gasteiger charge is -2.27. The van der Waals surface area contributed by atoms with E-state index in [4.69, 9.17) is 14.3 Å². The monoisotopic (exact) mass is 362 g/mol. The molecular formula is C18H22N2O6. The number of fused-ring (bicyclic) bond motifs is 3. The van der Waals surface area contributed by atoms with Gasteiger partial charge in [-0.15, -0.1) is 0 Å². The number of hydrogen-bond acceptors (Lipinski definition) is 7. The van der Waals surface area contributed by atoms with Gasteiger partial charge in [0.05, 0.1) is 17.8 Å². The molecule has 4 bridgehead atoms. The molecule has 5 aliphatic rings. The first-order valence-electron chi connectivity index (χ1n) is 9.20. The van der Waals surface area contributed by atoms with Gasteiger partial charge in [0, 0.05) is 12.3 Å². The molecule has 5 rings (SSSR count). The summed E-state index contributed by atoms with van der Waals surface area (Å²) < 4.78 is 11.0. The molecule has 4 aliphatic carbocycles. The van der Waals surface area contributed by atoms with Crippen molar-refractivity contribution in [3.8, 4) is 0 Å². The summed E-state index contributed by atoms with van der Waals surface area (Å²) in [6, 6.07) is -0.0143. The van der Waals surface area contributed by atoms with Crippen molar-refractivity contribution < 1.29 is 29.1 Å². The van der Waals surface area contributed by atoms with Gasteiger partial charge < -0.3 is 14.7 Å². The Kier molecular flexibility index (Phi) is 3.72. The molecule has 1 heterocycles. The summed E-state index contributed by atoms with van der Waals surface area (Å²) in [6.07, 6.45) is 5.35. The zero-order chi connectivity index (χ0) is 18.0. The molecule has 1 saturated heterocycles. The fraction of sp³-hybridized carbons (Fsp3) is 0.667.